The Morgan fingerprint density at radius 1 is 1.25 bits per heavy atom. The molecule has 2 heterocycles. The molecule has 2 aliphatic rings. The Morgan fingerprint density at radius 3 is 2.62 bits per heavy atom. The summed E-state index contributed by atoms with van der Waals surface area (Å²) in [5.74, 6) is 0.731. The monoisotopic (exact) mass is 340 g/mol. The first-order valence-corrected chi connectivity index (χ1v) is 9.66. The maximum Gasteiger partial charge on any atom is 0.410 e. The van der Waals surface area contributed by atoms with Gasteiger partial charge >= 0.3 is 6.09 Å². The highest BCUT2D eigenvalue weighted by molar-refractivity contribution is 5.68. The van der Waals surface area contributed by atoms with Crippen LogP contribution in [0, 0.1) is 5.92 Å². The Morgan fingerprint density at radius 2 is 1.96 bits per heavy atom. The number of carbonyl (C=O) groups excluding carboxylic acids is 1. The third-order valence-electron chi connectivity index (χ3n) is 4.98. The molecule has 2 aliphatic heterocycles. The maximum absolute atomic E-state index is 12.5. The molecule has 0 aromatic heterocycles. The Kier molecular flexibility index (Phi) is 7.35. The summed E-state index contributed by atoms with van der Waals surface area (Å²) in [6.07, 6.45) is 6.55. The summed E-state index contributed by atoms with van der Waals surface area (Å²) in [4.78, 5) is 14.4. The third kappa shape index (κ3) is 6.60. The molecule has 0 saturated carbocycles. The van der Waals surface area contributed by atoms with E-state index in [1.54, 1.807) is 0 Å². The second-order valence-corrected chi connectivity index (χ2v) is 8.42. The Labute approximate surface area is 147 Å². The number of nitrogens with zero attached hydrogens (tertiary/aromatic N) is 1. The lowest BCUT2D eigenvalue weighted by atomic mass is 9.95. The number of hydrogen-bond donors (Lipinski definition) is 1. The molecule has 0 aromatic rings. The second-order valence-electron chi connectivity index (χ2n) is 8.42. The molecule has 2 atom stereocenters. The largest absolute Gasteiger partial charge is 0.444 e. The van der Waals surface area contributed by atoms with Crippen molar-refractivity contribution in [2.75, 3.05) is 26.3 Å². The summed E-state index contributed by atoms with van der Waals surface area (Å²) >= 11 is 0. The maximum atomic E-state index is 12.5. The van der Waals surface area contributed by atoms with Gasteiger partial charge in [-0.2, -0.15) is 0 Å². The van der Waals surface area contributed by atoms with Gasteiger partial charge in [0.25, 0.3) is 0 Å². The molecule has 0 aliphatic carbocycles. The zero-order valence-electron chi connectivity index (χ0n) is 16.0. The number of hydrogen-bond acceptors (Lipinski definition) is 4. The third-order valence-corrected chi connectivity index (χ3v) is 4.98. The zero-order chi connectivity index (χ0) is 17.6. The van der Waals surface area contributed by atoms with Crippen molar-refractivity contribution in [3.63, 3.8) is 0 Å². The van der Waals surface area contributed by atoms with E-state index in [2.05, 4.69) is 12.2 Å². The SMILES string of the molecule is CC(CC1CCCCN1C(=O)OC(C)(C)C)NCC1CCOCC1. The van der Waals surface area contributed by atoms with Crippen LogP contribution in [0.15, 0.2) is 0 Å². The van der Waals surface area contributed by atoms with Gasteiger partial charge in [0.2, 0.25) is 0 Å². The lowest BCUT2D eigenvalue weighted by molar-refractivity contribution is 0.00770. The van der Waals surface area contributed by atoms with E-state index < -0.39 is 5.60 Å². The minimum absolute atomic E-state index is 0.149. The zero-order valence-corrected chi connectivity index (χ0v) is 16.0. The fourth-order valence-corrected chi connectivity index (χ4v) is 3.62. The minimum atomic E-state index is -0.425. The quantitative estimate of drug-likeness (QED) is 0.831. The summed E-state index contributed by atoms with van der Waals surface area (Å²) < 4.78 is 11.0. The average molecular weight is 341 g/mol. The van der Waals surface area contributed by atoms with Gasteiger partial charge < -0.3 is 19.7 Å². The van der Waals surface area contributed by atoms with Crippen LogP contribution in [-0.2, 0) is 9.47 Å². The van der Waals surface area contributed by atoms with Gasteiger partial charge in [-0.1, -0.05) is 0 Å². The predicted octanol–water partition coefficient (Wildman–Crippen LogP) is 3.57. The number of likely N-dealkylation sites (tertiary alicyclic amines) is 1. The van der Waals surface area contributed by atoms with E-state index in [9.17, 15) is 4.79 Å². The number of carbonyl (C=O) groups is 1. The summed E-state index contributed by atoms with van der Waals surface area (Å²) in [6.45, 7) is 11.7. The van der Waals surface area contributed by atoms with E-state index >= 15 is 0 Å². The van der Waals surface area contributed by atoms with Crippen molar-refractivity contribution < 1.29 is 14.3 Å². The van der Waals surface area contributed by atoms with Crippen LogP contribution >= 0.6 is 0 Å². The van der Waals surface area contributed by atoms with Gasteiger partial charge in [0.15, 0.2) is 0 Å². The fourth-order valence-electron chi connectivity index (χ4n) is 3.62. The molecule has 2 saturated heterocycles. The lowest BCUT2D eigenvalue weighted by Gasteiger charge is -2.38. The molecule has 24 heavy (non-hydrogen) atoms. The average Bonchev–Trinajstić information content (AvgIpc) is 2.53. The number of rotatable bonds is 5. The van der Waals surface area contributed by atoms with Crippen LogP contribution in [0.25, 0.3) is 0 Å². The Bertz CT molecular complexity index is 389. The highest BCUT2D eigenvalue weighted by Gasteiger charge is 2.31. The minimum Gasteiger partial charge on any atom is -0.444 e. The van der Waals surface area contributed by atoms with Gasteiger partial charge in [-0.25, -0.2) is 4.79 Å². The van der Waals surface area contributed by atoms with E-state index in [-0.39, 0.29) is 6.09 Å². The van der Waals surface area contributed by atoms with Crippen LogP contribution in [0.1, 0.15) is 66.2 Å². The number of ether oxygens (including phenoxy) is 2. The van der Waals surface area contributed by atoms with E-state index in [4.69, 9.17) is 9.47 Å². The molecule has 1 N–H and O–H groups in total. The van der Waals surface area contributed by atoms with Gasteiger partial charge in [-0.15, -0.1) is 0 Å². The first-order chi connectivity index (χ1) is 11.3. The van der Waals surface area contributed by atoms with Crippen molar-refractivity contribution in [1.82, 2.24) is 10.2 Å². The van der Waals surface area contributed by atoms with Crippen LogP contribution in [0.4, 0.5) is 4.79 Å². The lowest BCUT2D eigenvalue weighted by Crippen LogP contribution is -2.48. The standard InChI is InChI=1S/C19H36N2O3/c1-15(20-14-16-8-11-23-12-9-16)13-17-7-5-6-10-21(17)18(22)24-19(2,3)4/h15-17,20H,5-14H2,1-4H3. The number of piperidine rings is 1. The predicted molar refractivity (Wildman–Crippen MR) is 96.2 cm³/mol. The highest BCUT2D eigenvalue weighted by Crippen LogP contribution is 2.24. The van der Waals surface area contributed by atoms with E-state index in [1.165, 1.54) is 6.42 Å². The molecule has 5 heteroatoms. The van der Waals surface area contributed by atoms with Gasteiger partial charge in [0.1, 0.15) is 5.60 Å². The molecule has 2 fully saturated rings. The number of nitrogens with one attached hydrogen (secondary N) is 1. The van der Waals surface area contributed by atoms with Crippen molar-refractivity contribution in [3.8, 4) is 0 Å². The molecule has 140 valence electrons. The van der Waals surface area contributed by atoms with Crippen LogP contribution in [0.3, 0.4) is 0 Å². The molecular weight excluding hydrogens is 304 g/mol. The van der Waals surface area contributed by atoms with Crippen molar-refractivity contribution in [2.45, 2.75) is 83.9 Å². The van der Waals surface area contributed by atoms with Gasteiger partial charge in [-0.3, -0.25) is 0 Å². The highest BCUT2D eigenvalue weighted by atomic mass is 16.6. The molecule has 0 radical (unpaired) electrons. The summed E-state index contributed by atoms with van der Waals surface area (Å²) in [6, 6.07) is 0.715. The molecule has 2 unspecified atom stereocenters. The Hall–Kier alpha value is -0.810. The topological polar surface area (TPSA) is 50.8 Å². The molecule has 2 rings (SSSR count). The smallest absolute Gasteiger partial charge is 0.410 e. The van der Waals surface area contributed by atoms with Crippen LogP contribution < -0.4 is 5.32 Å². The summed E-state index contributed by atoms with van der Waals surface area (Å²) in [7, 11) is 0. The van der Waals surface area contributed by atoms with E-state index in [1.807, 2.05) is 25.7 Å². The summed E-state index contributed by atoms with van der Waals surface area (Å²) in [5, 5.41) is 3.67. The van der Waals surface area contributed by atoms with Gasteiger partial charge in [0, 0.05) is 31.8 Å². The van der Waals surface area contributed by atoms with E-state index in [0.29, 0.717) is 12.1 Å². The molecule has 5 nitrogen and oxygen atoms in total. The fraction of sp³-hybridized carbons (Fsp3) is 0.947. The van der Waals surface area contributed by atoms with Gasteiger partial charge in [-0.05, 0) is 78.7 Å². The van der Waals surface area contributed by atoms with Crippen LogP contribution in [-0.4, -0.2) is 55.0 Å². The van der Waals surface area contributed by atoms with E-state index in [0.717, 1.165) is 64.3 Å². The van der Waals surface area contributed by atoms with Crippen LogP contribution in [0.5, 0.6) is 0 Å². The van der Waals surface area contributed by atoms with Crippen molar-refractivity contribution in [3.05, 3.63) is 0 Å². The Balaban J connectivity index is 1.79. The molecule has 0 spiro atoms. The first-order valence-electron chi connectivity index (χ1n) is 9.66. The normalized spacial score (nSPS) is 24.7. The van der Waals surface area contributed by atoms with Crippen molar-refractivity contribution in [2.24, 2.45) is 5.92 Å². The summed E-state index contributed by atoms with van der Waals surface area (Å²) in [5.41, 5.74) is -0.425. The number of amides is 1. The van der Waals surface area contributed by atoms with Crippen molar-refractivity contribution >= 4 is 6.09 Å². The molecule has 0 bridgehead atoms. The molecule has 1 amide bonds. The molecule has 0 aromatic carbocycles. The molecular formula is C19H36N2O3. The van der Waals surface area contributed by atoms with Crippen LogP contribution in [0.2, 0.25) is 0 Å². The first kappa shape index (κ1) is 19.5. The van der Waals surface area contributed by atoms with Gasteiger partial charge in [0.05, 0.1) is 0 Å². The second kappa shape index (κ2) is 9.04. The van der Waals surface area contributed by atoms with Crippen molar-refractivity contribution in [1.29, 1.82) is 0 Å².